The second-order valence-corrected chi connectivity index (χ2v) is 4.70. The molecule has 0 radical (unpaired) electrons. The molecule has 1 saturated heterocycles. The van der Waals surface area contributed by atoms with Crippen molar-refractivity contribution in [1.82, 2.24) is 19.5 Å². The maximum atomic E-state index is 11.7. The second-order valence-electron chi connectivity index (χ2n) is 4.70. The highest BCUT2D eigenvalue weighted by atomic mass is 16.6. The van der Waals surface area contributed by atoms with Gasteiger partial charge in [-0.1, -0.05) is 0 Å². The maximum Gasteiger partial charge on any atom is 0.327 e. The van der Waals surface area contributed by atoms with E-state index < -0.39 is 35.8 Å². The van der Waals surface area contributed by atoms with Crippen molar-refractivity contribution in [3.8, 4) is 0 Å². The smallest absolute Gasteiger partial charge is 0.327 e. The van der Waals surface area contributed by atoms with Crippen molar-refractivity contribution in [3.05, 3.63) is 27.2 Å². The lowest BCUT2D eigenvalue weighted by molar-refractivity contribution is -0.0583. The van der Waals surface area contributed by atoms with E-state index in [9.17, 15) is 19.8 Å². The lowest BCUT2D eigenvalue weighted by Gasteiger charge is -2.19. The molecule has 10 heteroatoms. The first-order valence-electron chi connectivity index (χ1n) is 6.23. The minimum absolute atomic E-state index is 0.0370. The topological polar surface area (TPSA) is 142 Å². The van der Waals surface area contributed by atoms with Crippen molar-refractivity contribution < 1.29 is 19.7 Å². The first-order valence-corrected chi connectivity index (χ1v) is 6.23. The molecule has 2 aromatic heterocycles. The Hall–Kier alpha value is -2.01. The van der Waals surface area contributed by atoms with E-state index in [2.05, 4.69) is 15.0 Å². The van der Waals surface area contributed by atoms with Crippen molar-refractivity contribution >= 4 is 11.2 Å². The standard InChI is InChI=1S/C11H14N4O6/c1-20-7-6(17)4(2-16)21-10(7)15-3-12-5-8(15)13-11(19)14-9(5)18/h3-4,6-7,10,16-17H,2H2,1H3,(H2,13,14,18,19)/t4-,6-,7-,10-/m1/s1. The normalized spacial score (nSPS) is 29.3. The second kappa shape index (κ2) is 5.07. The van der Waals surface area contributed by atoms with Crippen LogP contribution in [0.25, 0.3) is 11.2 Å². The molecule has 21 heavy (non-hydrogen) atoms. The summed E-state index contributed by atoms with van der Waals surface area (Å²) in [6.45, 7) is -0.388. The fourth-order valence-corrected chi connectivity index (χ4v) is 2.49. The summed E-state index contributed by atoms with van der Waals surface area (Å²) in [5.74, 6) is 0. The Balaban J connectivity index is 2.12. The summed E-state index contributed by atoms with van der Waals surface area (Å²) in [4.78, 5) is 31.5. The SMILES string of the molecule is CO[C@@H]1[C@H](O)[C@@H](CO)O[C@H]1n1cnc2c(=O)[nH]c(=O)[nH]c21. The zero-order chi connectivity index (χ0) is 15.1. The van der Waals surface area contributed by atoms with Crippen molar-refractivity contribution in [2.75, 3.05) is 13.7 Å². The first-order chi connectivity index (χ1) is 10.1. The van der Waals surface area contributed by atoms with E-state index >= 15 is 0 Å². The Bertz CT molecular complexity index is 764. The van der Waals surface area contributed by atoms with E-state index in [0.717, 1.165) is 0 Å². The van der Waals surface area contributed by atoms with Crippen LogP contribution < -0.4 is 11.2 Å². The van der Waals surface area contributed by atoms with Gasteiger partial charge < -0.3 is 19.7 Å². The molecular weight excluding hydrogens is 284 g/mol. The third kappa shape index (κ3) is 2.08. The Labute approximate surface area is 117 Å². The van der Waals surface area contributed by atoms with Crippen LogP contribution in [-0.4, -0.2) is 61.8 Å². The number of aromatic amines is 2. The Morgan fingerprint density at radius 2 is 2.24 bits per heavy atom. The monoisotopic (exact) mass is 298 g/mol. The largest absolute Gasteiger partial charge is 0.394 e. The highest BCUT2D eigenvalue weighted by molar-refractivity contribution is 5.68. The van der Waals surface area contributed by atoms with Gasteiger partial charge in [-0.25, -0.2) is 9.78 Å². The number of aliphatic hydroxyl groups is 2. The van der Waals surface area contributed by atoms with Crippen molar-refractivity contribution in [2.24, 2.45) is 0 Å². The van der Waals surface area contributed by atoms with Gasteiger partial charge in [0.05, 0.1) is 12.9 Å². The number of methoxy groups -OCH3 is 1. The lowest BCUT2D eigenvalue weighted by atomic mass is 10.1. The Morgan fingerprint density at radius 1 is 1.48 bits per heavy atom. The number of nitrogens with zero attached hydrogens (tertiary/aromatic N) is 2. The molecule has 3 heterocycles. The van der Waals surface area contributed by atoms with Gasteiger partial charge in [0.2, 0.25) is 0 Å². The van der Waals surface area contributed by atoms with Crippen molar-refractivity contribution in [2.45, 2.75) is 24.5 Å². The molecule has 0 bridgehead atoms. The summed E-state index contributed by atoms with van der Waals surface area (Å²) in [7, 11) is 1.39. The lowest BCUT2D eigenvalue weighted by Crippen LogP contribution is -2.34. The van der Waals surface area contributed by atoms with Gasteiger partial charge in [-0.15, -0.1) is 0 Å². The van der Waals surface area contributed by atoms with Crippen molar-refractivity contribution in [3.63, 3.8) is 0 Å². The Morgan fingerprint density at radius 3 is 2.90 bits per heavy atom. The molecule has 1 aliphatic heterocycles. The Kier molecular flexibility index (Phi) is 3.37. The van der Waals surface area contributed by atoms with Crippen LogP contribution in [0.3, 0.4) is 0 Å². The molecule has 0 saturated carbocycles. The highest BCUT2D eigenvalue weighted by Gasteiger charge is 2.45. The van der Waals surface area contributed by atoms with Crippen LogP contribution >= 0.6 is 0 Å². The summed E-state index contributed by atoms with van der Waals surface area (Å²) < 4.78 is 12.1. The summed E-state index contributed by atoms with van der Waals surface area (Å²) in [5, 5.41) is 19.2. The van der Waals surface area contributed by atoms with Crippen LogP contribution in [0.2, 0.25) is 0 Å². The first kappa shape index (κ1) is 13.9. The third-order valence-electron chi connectivity index (χ3n) is 3.51. The predicted octanol–water partition coefficient (Wildman–Crippen LogP) is -2.32. The van der Waals surface area contributed by atoms with Crippen LogP contribution in [0, 0.1) is 0 Å². The fraction of sp³-hybridized carbons (Fsp3) is 0.545. The van der Waals surface area contributed by atoms with Gasteiger partial charge in [0.1, 0.15) is 24.0 Å². The number of aromatic nitrogens is 4. The minimum atomic E-state index is -1.05. The summed E-state index contributed by atoms with van der Waals surface area (Å²) in [5.41, 5.74) is -1.12. The molecule has 0 aromatic carbocycles. The summed E-state index contributed by atoms with van der Waals surface area (Å²) in [6, 6.07) is 0. The van der Waals surface area contributed by atoms with Gasteiger partial charge >= 0.3 is 5.69 Å². The van der Waals surface area contributed by atoms with E-state index in [1.54, 1.807) is 0 Å². The van der Waals surface area contributed by atoms with Crippen LogP contribution in [-0.2, 0) is 9.47 Å². The average molecular weight is 298 g/mol. The molecule has 4 atom stereocenters. The molecule has 0 amide bonds. The van der Waals surface area contributed by atoms with Gasteiger partial charge in [-0.3, -0.25) is 19.3 Å². The van der Waals surface area contributed by atoms with E-state index in [0.29, 0.717) is 0 Å². The van der Waals surface area contributed by atoms with E-state index in [1.807, 2.05) is 0 Å². The van der Waals surface area contributed by atoms with Crippen LogP contribution in [0.4, 0.5) is 0 Å². The van der Waals surface area contributed by atoms with Gasteiger partial charge in [-0.2, -0.15) is 0 Å². The molecule has 3 rings (SSSR count). The number of aliphatic hydroxyl groups excluding tert-OH is 2. The third-order valence-corrected chi connectivity index (χ3v) is 3.51. The number of nitrogens with one attached hydrogen (secondary N) is 2. The number of H-pyrrole nitrogens is 2. The molecule has 10 nitrogen and oxygen atoms in total. The quantitative estimate of drug-likeness (QED) is 0.498. The van der Waals surface area contributed by atoms with Gasteiger partial charge in [0.25, 0.3) is 5.56 Å². The number of fused-ring (bicyclic) bond motifs is 1. The molecule has 2 aromatic rings. The minimum Gasteiger partial charge on any atom is -0.394 e. The molecule has 114 valence electrons. The van der Waals surface area contributed by atoms with Crippen LogP contribution in [0.1, 0.15) is 6.23 Å². The van der Waals surface area contributed by atoms with Crippen LogP contribution in [0.5, 0.6) is 0 Å². The van der Waals surface area contributed by atoms with E-state index in [4.69, 9.17) is 9.47 Å². The van der Waals surface area contributed by atoms with Gasteiger partial charge in [0, 0.05) is 7.11 Å². The summed E-state index contributed by atoms with van der Waals surface area (Å²) in [6.07, 6.45) is -2.17. The molecule has 1 fully saturated rings. The number of imidazole rings is 1. The summed E-state index contributed by atoms with van der Waals surface area (Å²) >= 11 is 0. The van der Waals surface area contributed by atoms with Crippen molar-refractivity contribution in [1.29, 1.82) is 0 Å². The molecule has 0 aliphatic carbocycles. The highest BCUT2D eigenvalue weighted by Crippen LogP contribution is 2.32. The zero-order valence-corrected chi connectivity index (χ0v) is 11.0. The molecule has 1 aliphatic rings. The molecule has 0 spiro atoms. The van der Waals surface area contributed by atoms with Crippen LogP contribution in [0.15, 0.2) is 15.9 Å². The fourth-order valence-electron chi connectivity index (χ4n) is 2.49. The average Bonchev–Trinajstić information content (AvgIpc) is 2.99. The zero-order valence-electron chi connectivity index (χ0n) is 11.0. The number of hydrogen-bond acceptors (Lipinski definition) is 7. The molecular formula is C11H14N4O6. The number of rotatable bonds is 3. The number of hydrogen-bond donors (Lipinski definition) is 4. The number of ether oxygens (including phenoxy) is 2. The van der Waals surface area contributed by atoms with E-state index in [-0.39, 0.29) is 17.8 Å². The van der Waals surface area contributed by atoms with Gasteiger partial charge in [0.15, 0.2) is 11.7 Å². The maximum absolute atomic E-state index is 11.7. The molecule has 0 unspecified atom stereocenters. The molecule has 4 N–H and O–H groups in total. The van der Waals surface area contributed by atoms with Gasteiger partial charge in [-0.05, 0) is 0 Å². The predicted molar refractivity (Wildman–Crippen MR) is 68.8 cm³/mol. The van der Waals surface area contributed by atoms with E-state index in [1.165, 1.54) is 18.0 Å².